The van der Waals surface area contributed by atoms with Crippen molar-refractivity contribution in [3.05, 3.63) is 59.4 Å². The fourth-order valence-corrected chi connectivity index (χ4v) is 3.44. The Hall–Kier alpha value is -2.19. The van der Waals surface area contributed by atoms with Crippen LogP contribution in [0.1, 0.15) is 11.1 Å². The van der Waals surface area contributed by atoms with Gasteiger partial charge in [0.25, 0.3) is 10.0 Å². The van der Waals surface area contributed by atoms with Gasteiger partial charge in [-0.15, -0.1) is 0 Å². The zero-order chi connectivity index (χ0) is 15.9. The lowest BCUT2D eigenvalue weighted by Gasteiger charge is -2.26. The van der Waals surface area contributed by atoms with E-state index in [-0.39, 0.29) is 10.4 Å². The fraction of sp³-hybridized carbons (Fsp3) is 0.0714. The van der Waals surface area contributed by atoms with Gasteiger partial charge in [-0.2, -0.15) is 9.43 Å². The number of benzene rings is 2. The number of halogens is 1. The molecule has 0 amide bonds. The van der Waals surface area contributed by atoms with Crippen LogP contribution in [0, 0.1) is 12.7 Å². The second-order valence-corrected chi connectivity index (χ2v) is 6.78. The van der Waals surface area contributed by atoms with Crippen molar-refractivity contribution < 1.29 is 17.8 Å². The molecule has 0 radical (unpaired) electrons. The van der Waals surface area contributed by atoms with Gasteiger partial charge in [0.1, 0.15) is 5.82 Å². The lowest BCUT2D eigenvalue weighted by molar-refractivity contribution is 0.475. The normalized spacial score (nSPS) is 14.1. The quantitative estimate of drug-likeness (QED) is 0.835. The number of fused-ring (bicyclic) bond motifs is 1. The lowest BCUT2D eigenvalue weighted by atomic mass is 9.72. The summed E-state index contributed by atoms with van der Waals surface area (Å²) in [5.41, 5.74) is 1.55. The number of aryl methyl sites for hydroxylation is 1. The molecule has 1 aliphatic rings. The molecule has 1 aliphatic heterocycles. The van der Waals surface area contributed by atoms with Crippen LogP contribution in [0.2, 0.25) is 0 Å². The van der Waals surface area contributed by atoms with Gasteiger partial charge < -0.3 is 5.02 Å². The van der Waals surface area contributed by atoms with E-state index in [2.05, 4.69) is 5.10 Å². The van der Waals surface area contributed by atoms with Gasteiger partial charge in [-0.1, -0.05) is 23.8 Å². The van der Waals surface area contributed by atoms with Gasteiger partial charge in [-0.25, -0.2) is 12.8 Å². The Labute approximate surface area is 127 Å². The van der Waals surface area contributed by atoms with Crippen LogP contribution in [0.25, 0.3) is 0 Å². The van der Waals surface area contributed by atoms with Gasteiger partial charge in [0.05, 0.1) is 11.1 Å². The molecule has 8 heteroatoms. The number of nitrogens with zero attached hydrogens (tertiary/aromatic N) is 2. The molecule has 0 bridgehead atoms. The molecule has 2 aromatic carbocycles. The summed E-state index contributed by atoms with van der Waals surface area (Å²) < 4.78 is 39.0. The second kappa shape index (κ2) is 5.22. The molecule has 0 spiro atoms. The number of rotatable bonds is 2. The predicted octanol–water partition coefficient (Wildman–Crippen LogP) is 0.860. The van der Waals surface area contributed by atoms with Crippen LogP contribution in [0.15, 0.2) is 52.5 Å². The molecule has 0 aromatic heterocycles. The molecule has 1 heterocycles. The lowest BCUT2D eigenvalue weighted by Crippen LogP contribution is -2.52. The van der Waals surface area contributed by atoms with Gasteiger partial charge in [0.15, 0.2) is 0 Å². The van der Waals surface area contributed by atoms with Crippen molar-refractivity contribution in [2.45, 2.75) is 11.8 Å². The van der Waals surface area contributed by atoms with Crippen molar-refractivity contribution in [1.82, 2.24) is 4.33 Å². The van der Waals surface area contributed by atoms with E-state index in [9.17, 15) is 17.8 Å². The van der Waals surface area contributed by atoms with E-state index in [1.54, 1.807) is 12.1 Å². The van der Waals surface area contributed by atoms with Gasteiger partial charge in [0, 0.05) is 0 Å². The zero-order valence-electron chi connectivity index (χ0n) is 11.6. The highest BCUT2D eigenvalue weighted by atomic mass is 32.2. The smallest absolute Gasteiger partial charge is 0.427 e. The summed E-state index contributed by atoms with van der Waals surface area (Å²) in [7, 11) is -5.59. The van der Waals surface area contributed by atoms with Crippen LogP contribution >= 0.6 is 0 Å². The van der Waals surface area contributed by atoms with E-state index in [1.165, 1.54) is 30.5 Å². The van der Waals surface area contributed by atoms with Crippen molar-refractivity contribution in [1.29, 1.82) is 0 Å². The minimum absolute atomic E-state index is 0.00848. The van der Waals surface area contributed by atoms with Gasteiger partial charge in [0.2, 0.25) is 0 Å². The molecule has 0 atom stereocenters. The highest BCUT2D eigenvalue weighted by Crippen LogP contribution is 2.20. The third kappa shape index (κ3) is 2.40. The van der Waals surface area contributed by atoms with Crippen LogP contribution in [0.5, 0.6) is 0 Å². The maximum Gasteiger partial charge on any atom is 0.484 e. The van der Waals surface area contributed by atoms with Crippen molar-refractivity contribution in [3.63, 3.8) is 0 Å². The molecule has 5 nitrogen and oxygen atoms in total. The minimum Gasteiger partial charge on any atom is -0.427 e. The molecule has 0 fully saturated rings. The second-order valence-electron chi connectivity index (χ2n) is 4.98. The third-order valence-corrected chi connectivity index (χ3v) is 5.07. The molecular weight excluding hydrogens is 306 g/mol. The first-order valence-corrected chi connectivity index (χ1v) is 7.96. The summed E-state index contributed by atoms with van der Waals surface area (Å²) >= 11 is 0. The van der Waals surface area contributed by atoms with E-state index in [0.717, 1.165) is 11.6 Å². The fourth-order valence-electron chi connectivity index (χ4n) is 2.20. The monoisotopic (exact) mass is 318 g/mol. The molecule has 0 saturated heterocycles. The first-order chi connectivity index (χ1) is 10.4. The van der Waals surface area contributed by atoms with Crippen LogP contribution in [0.4, 0.5) is 4.39 Å². The van der Waals surface area contributed by atoms with Crippen LogP contribution < -0.4 is 5.46 Å². The molecule has 0 saturated carbocycles. The summed E-state index contributed by atoms with van der Waals surface area (Å²) in [6, 6.07) is 9.95. The van der Waals surface area contributed by atoms with Crippen molar-refractivity contribution in [2.75, 3.05) is 0 Å². The first-order valence-electron chi connectivity index (χ1n) is 6.52. The summed E-state index contributed by atoms with van der Waals surface area (Å²) in [5, 5.41) is 14.1. The van der Waals surface area contributed by atoms with Crippen molar-refractivity contribution >= 4 is 28.8 Å². The maximum absolute atomic E-state index is 13.3. The number of hydrogen-bond donors (Lipinski definition) is 1. The third-order valence-electron chi connectivity index (χ3n) is 3.41. The van der Waals surface area contributed by atoms with Gasteiger partial charge >= 0.3 is 7.05 Å². The summed E-state index contributed by atoms with van der Waals surface area (Å²) in [5.74, 6) is -0.555. The molecule has 2 aromatic rings. The van der Waals surface area contributed by atoms with E-state index in [4.69, 9.17) is 0 Å². The molecule has 112 valence electrons. The standard InChI is InChI=1S/C14H12BFN2O3S/c1-10-2-6-13(7-3-10)22(20,21)18-15(19)14-8-12(16)5-4-11(14)9-17-18/h2-9,19H,1H3. The Balaban J connectivity index is 2.04. The Morgan fingerprint density at radius 3 is 2.55 bits per heavy atom. The minimum atomic E-state index is -4.02. The number of hydrazone groups is 1. The predicted molar refractivity (Wildman–Crippen MR) is 81.8 cm³/mol. The molecule has 1 N–H and O–H groups in total. The largest absolute Gasteiger partial charge is 0.484 e. The Morgan fingerprint density at radius 2 is 1.86 bits per heavy atom. The summed E-state index contributed by atoms with van der Waals surface area (Å²) in [4.78, 5) is 0.00848. The molecular formula is C14H12BFN2O3S. The van der Waals surface area contributed by atoms with E-state index in [0.29, 0.717) is 9.89 Å². The highest BCUT2D eigenvalue weighted by molar-refractivity contribution is 7.90. The van der Waals surface area contributed by atoms with E-state index >= 15 is 0 Å². The van der Waals surface area contributed by atoms with Crippen molar-refractivity contribution in [3.8, 4) is 0 Å². The first kappa shape index (κ1) is 14.7. The molecule has 3 rings (SSSR count). The van der Waals surface area contributed by atoms with Crippen LogP contribution in [-0.4, -0.2) is 31.0 Å². The van der Waals surface area contributed by atoms with Crippen LogP contribution in [-0.2, 0) is 10.0 Å². The number of sulfonamides is 1. The average Bonchev–Trinajstić information content (AvgIpc) is 2.48. The molecule has 22 heavy (non-hydrogen) atoms. The van der Waals surface area contributed by atoms with Crippen LogP contribution in [0.3, 0.4) is 0 Å². The number of hydrogen-bond acceptors (Lipinski definition) is 4. The topological polar surface area (TPSA) is 70.0 Å². The van der Waals surface area contributed by atoms with E-state index in [1.807, 2.05) is 6.92 Å². The van der Waals surface area contributed by atoms with Gasteiger partial charge in [-0.3, -0.25) is 0 Å². The Bertz CT molecular complexity index is 853. The molecule has 0 unspecified atom stereocenters. The Morgan fingerprint density at radius 1 is 1.18 bits per heavy atom. The summed E-state index contributed by atoms with van der Waals surface area (Å²) in [6.07, 6.45) is 1.28. The highest BCUT2D eigenvalue weighted by Gasteiger charge is 2.38. The van der Waals surface area contributed by atoms with Crippen molar-refractivity contribution in [2.24, 2.45) is 5.10 Å². The van der Waals surface area contributed by atoms with E-state index < -0.39 is 22.9 Å². The average molecular weight is 318 g/mol. The molecule has 0 aliphatic carbocycles. The summed E-state index contributed by atoms with van der Waals surface area (Å²) in [6.45, 7) is 1.84. The zero-order valence-corrected chi connectivity index (χ0v) is 12.5. The Kier molecular flexibility index (Phi) is 3.50. The SMILES string of the molecule is Cc1ccc(S(=O)(=O)N2N=Cc3ccc(F)cc3B2O)cc1. The maximum atomic E-state index is 13.3. The van der Waals surface area contributed by atoms with Gasteiger partial charge in [-0.05, 0) is 42.2 Å².